The normalized spacial score (nSPS) is 10.5. The van der Waals surface area contributed by atoms with E-state index in [0.29, 0.717) is 6.61 Å². The Morgan fingerprint density at radius 3 is 2.92 bits per heavy atom. The molecule has 0 atom stereocenters. The minimum absolute atomic E-state index is 0.309. The molecule has 0 amide bonds. The van der Waals surface area contributed by atoms with Gasteiger partial charge in [0, 0.05) is 5.39 Å². The smallest absolute Gasteiger partial charge is 0.116 e. The van der Waals surface area contributed by atoms with Crippen molar-refractivity contribution in [2.45, 2.75) is 6.61 Å². The molecule has 13 heavy (non-hydrogen) atoms. The van der Waals surface area contributed by atoms with Gasteiger partial charge in [-0.05, 0) is 6.07 Å². The third kappa shape index (κ3) is 1.49. The van der Waals surface area contributed by atoms with Gasteiger partial charge in [-0.25, -0.2) is 15.9 Å². The van der Waals surface area contributed by atoms with Gasteiger partial charge in [0.15, 0.2) is 0 Å². The van der Waals surface area contributed by atoms with E-state index in [0.717, 1.165) is 16.6 Å². The molecular weight excluding hydrogens is 166 g/mol. The first-order valence-electron chi connectivity index (χ1n) is 3.92. The molecule has 0 bridgehead atoms. The molecule has 0 spiro atoms. The van der Waals surface area contributed by atoms with E-state index in [4.69, 9.17) is 5.90 Å². The van der Waals surface area contributed by atoms with Crippen LogP contribution in [0.3, 0.4) is 0 Å². The molecule has 0 aliphatic rings. The summed E-state index contributed by atoms with van der Waals surface area (Å²) >= 11 is 0. The van der Waals surface area contributed by atoms with Crippen LogP contribution in [-0.2, 0) is 11.4 Å². The number of hydrogen-bond acceptors (Lipinski definition) is 4. The zero-order valence-corrected chi connectivity index (χ0v) is 6.97. The summed E-state index contributed by atoms with van der Waals surface area (Å²) in [5.74, 6) is 4.99. The highest BCUT2D eigenvalue weighted by atomic mass is 16.6. The van der Waals surface area contributed by atoms with Crippen molar-refractivity contribution in [1.82, 2.24) is 9.97 Å². The van der Waals surface area contributed by atoms with Crippen molar-refractivity contribution in [2.75, 3.05) is 0 Å². The van der Waals surface area contributed by atoms with Gasteiger partial charge in [0.1, 0.15) is 12.9 Å². The molecule has 0 aliphatic carbocycles. The molecule has 1 aromatic carbocycles. The van der Waals surface area contributed by atoms with E-state index >= 15 is 0 Å². The minimum Gasteiger partial charge on any atom is -0.298 e. The van der Waals surface area contributed by atoms with Crippen LogP contribution in [0.2, 0.25) is 0 Å². The number of aromatic nitrogens is 2. The maximum atomic E-state index is 4.99. The number of para-hydroxylation sites is 1. The summed E-state index contributed by atoms with van der Waals surface area (Å²) in [6, 6.07) is 7.74. The minimum atomic E-state index is 0.309. The third-order valence-electron chi connectivity index (χ3n) is 1.85. The van der Waals surface area contributed by atoms with Crippen LogP contribution in [0.15, 0.2) is 30.6 Å². The van der Waals surface area contributed by atoms with Crippen LogP contribution in [-0.4, -0.2) is 9.97 Å². The summed E-state index contributed by atoms with van der Waals surface area (Å²) in [6.45, 7) is 0.309. The van der Waals surface area contributed by atoms with Crippen LogP contribution < -0.4 is 5.90 Å². The Labute approximate surface area is 75.3 Å². The molecule has 0 saturated heterocycles. The SMILES string of the molecule is NOCc1ncnc2ccccc12. The average Bonchev–Trinajstić information content (AvgIpc) is 2.19. The van der Waals surface area contributed by atoms with Crippen LogP contribution in [0.1, 0.15) is 5.69 Å². The Bertz CT molecular complexity index is 411. The van der Waals surface area contributed by atoms with E-state index < -0.39 is 0 Å². The number of hydrogen-bond donors (Lipinski definition) is 1. The summed E-state index contributed by atoms with van der Waals surface area (Å²) in [5, 5.41) is 0.982. The summed E-state index contributed by atoms with van der Waals surface area (Å²) in [5.41, 5.74) is 1.72. The van der Waals surface area contributed by atoms with E-state index in [-0.39, 0.29) is 0 Å². The fraction of sp³-hybridized carbons (Fsp3) is 0.111. The molecule has 0 saturated carbocycles. The lowest BCUT2D eigenvalue weighted by molar-refractivity contribution is 0.122. The molecule has 0 unspecified atom stereocenters. The highest BCUT2D eigenvalue weighted by Crippen LogP contribution is 2.13. The van der Waals surface area contributed by atoms with Crippen molar-refractivity contribution in [3.05, 3.63) is 36.3 Å². The van der Waals surface area contributed by atoms with E-state index in [1.54, 1.807) is 0 Å². The molecule has 1 aromatic heterocycles. The molecule has 4 heteroatoms. The van der Waals surface area contributed by atoms with Crippen molar-refractivity contribution in [3.8, 4) is 0 Å². The van der Waals surface area contributed by atoms with Crippen LogP contribution in [0.25, 0.3) is 10.9 Å². The van der Waals surface area contributed by atoms with Crippen molar-refractivity contribution in [2.24, 2.45) is 5.90 Å². The second-order valence-corrected chi connectivity index (χ2v) is 2.65. The van der Waals surface area contributed by atoms with Gasteiger partial charge in [-0.3, -0.25) is 4.84 Å². The Morgan fingerprint density at radius 1 is 1.23 bits per heavy atom. The number of nitrogens with zero attached hydrogens (tertiary/aromatic N) is 2. The molecule has 2 rings (SSSR count). The quantitative estimate of drug-likeness (QED) is 0.692. The second kappa shape index (κ2) is 3.47. The summed E-state index contributed by atoms with van der Waals surface area (Å²) < 4.78 is 0. The first-order valence-corrected chi connectivity index (χ1v) is 3.92. The third-order valence-corrected chi connectivity index (χ3v) is 1.85. The lowest BCUT2D eigenvalue weighted by Gasteiger charge is -2.01. The van der Waals surface area contributed by atoms with Crippen molar-refractivity contribution < 1.29 is 4.84 Å². The zero-order valence-electron chi connectivity index (χ0n) is 6.97. The van der Waals surface area contributed by atoms with E-state index in [9.17, 15) is 0 Å². The molecule has 0 radical (unpaired) electrons. The number of fused-ring (bicyclic) bond motifs is 1. The predicted molar refractivity (Wildman–Crippen MR) is 48.5 cm³/mol. The van der Waals surface area contributed by atoms with Crippen molar-refractivity contribution >= 4 is 10.9 Å². The van der Waals surface area contributed by atoms with E-state index in [1.165, 1.54) is 6.33 Å². The van der Waals surface area contributed by atoms with Gasteiger partial charge in [-0.2, -0.15) is 0 Å². The first-order chi connectivity index (χ1) is 6.42. The van der Waals surface area contributed by atoms with Gasteiger partial charge in [-0.15, -0.1) is 0 Å². The second-order valence-electron chi connectivity index (χ2n) is 2.65. The van der Waals surface area contributed by atoms with Gasteiger partial charge in [0.05, 0.1) is 11.2 Å². The number of nitrogens with two attached hydrogens (primary N) is 1. The van der Waals surface area contributed by atoms with Gasteiger partial charge < -0.3 is 0 Å². The lowest BCUT2D eigenvalue weighted by atomic mass is 10.2. The molecule has 4 nitrogen and oxygen atoms in total. The molecule has 2 N–H and O–H groups in total. The average molecular weight is 175 g/mol. The monoisotopic (exact) mass is 175 g/mol. The van der Waals surface area contributed by atoms with Gasteiger partial charge >= 0.3 is 0 Å². The lowest BCUT2D eigenvalue weighted by Crippen LogP contribution is -2.02. The maximum absolute atomic E-state index is 4.99. The van der Waals surface area contributed by atoms with Crippen LogP contribution in [0.4, 0.5) is 0 Å². The molecule has 0 aliphatic heterocycles. The summed E-state index contributed by atoms with van der Waals surface area (Å²) in [7, 11) is 0. The standard InChI is InChI=1S/C9H9N3O/c10-13-5-9-7-3-1-2-4-8(7)11-6-12-9/h1-4,6H,5,10H2. The van der Waals surface area contributed by atoms with E-state index in [2.05, 4.69) is 14.8 Å². The highest BCUT2D eigenvalue weighted by Gasteiger charge is 2.01. The van der Waals surface area contributed by atoms with Crippen LogP contribution >= 0.6 is 0 Å². The largest absolute Gasteiger partial charge is 0.298 e. The fourth-order valence-corrected chi connectivity index (χ4v) is 1.25. The van der Waals surface area contributed by atoms with Gasteiger partial charge in [0.2, 0.25) is 0 Å². The molecule has 66 valence electrons. The Hall–Kier alpha value is -1.52. The summed E-state index contributed by atoms with van der Waals surface area (Å²) in [6.07, 6.45) is 1.51. The Morgan fingerprint density at radius 2 is 2.08 bits per heavy atom. The molecule has 0 fully saturated rings. The van der Waals surface area contributed by atoms with Crippen molar-refractivity contribution in [3.63, 3.8) is 0 Å². The number of rotatable bonds is 2. The van der Waals surface area contributed by atoms with Gasteiger partial charge in [0.25, 0.3) is 0 Å². The summed E-state index contributed by atoms with van der Waals surface area (Å²) in [4.78, 5) is 12.7. The highest BCUT2D eigenvalue weighted by molar-refractivity contribution is 5.80. The topological polar surface area (TPSA) is 61.0 Å². The fourth-order valence-electron chi connectivity index (χ4n) is 1.25. The number of benzene rings is 1. The Balaban J connectivity index is 2.61. The first kappa shape index (κ1) is 8.10. The maximum Gasteiger partial charge on any atom is 0.116 e. The van der Waals surface area contributed by atoms with Crippen LogP contribution in [0, 0.1) is 0 Å². The van der Waals surface area contributed by atoms with E-state index in [1.807, 2.05) is 24.3 Å². The Kier molecular flexibility index (Phi) is 2.16. The molecule has 1 heterocycles. The van der Waals surface area contributed by atoms with Crippen molar-refractivity contribution in [1.29, 1.82) is 0 Å². The van der Waals surface area contributed by atoms with Crippen LogP contribution in [0.5, 0.6) is 0 Å². The van der Waals surface area contributed by atoms with Gasteiger partial charge in [-0.1, -0.05) is 18.2 Å². The zero-order chi connectivity index (χ0) is 9.10. The molecule has 2 aromatic rings. The molecular formula is C9H9N3O. The predicted octanol–water partition coefficient (Wildman–Crippen LogP) is 1.02.